The normalized spacial score (nSPS) is 23.2. The third-order valence-electron chi connectivity index (χ3n) is 4.35. The van der Waals surface area contributed by atoms with Crippen molar-refractivity contribution in [2.24, 2.45) is 11.7 Å². The van der Waals surface area contributed by atoms with Crippen LogP contribution in [0.1, 0.15) is 38.4 Å². The number of fused-ring (bicyclic) bond motifs is 1. The second-order valence-electron chi connectivity index (χ2n) is 6.23. The van der Waals surface area contributed by atoms with Gasteiger partial charge in [-0.1, -0.05) is 12.8 Å². The van der Waals surface area contributed by atoms with E-state index in [1.165, 1.54) is 0 Å². The average Bonchev–Trinajstić information content (AvgIpc) is 2.86. The number of nitrogens with zero attached hydrogens (tertiary/aromatic N) is 2. The zero-order chi connectivity index (χ0) is 15.7. The van der Waals surface area contributed by atoms with Crippen molar-refractivity contribution in [3.63, 3.8) is 0 Å². The lowest BCUT2D eigenvalue weighted by Gasteiger charge is -2.37. The Bertz CT molecular complexity index is 706. The third-order valence-corrected chi connectivity index (χ3v) is 4.79. The van der Waals surface area contributed by atoms with E-state index < -0.39 is 5.54 Å². The Labute approximate surface area is 161 Å². The van der Waals surface area contributed by atoms with Crippen molar-refractivity contribution >= 4 is 57.8 Å². The van der Waals surface area contributed by atoms with Crippen molar-refractivity contribution in [2.45, 2.75) is 44.7 Å². The molecule has 0 aromatic carbocycles. The lowest BCUT2D eigenvalue weighted by Crippen LogP contribution is -2.52. The van der Waals surface area contributed by atoms with Crippen molar-refractivity contribution < 1.29 is 4.79 Å². The number of imidazole rings is 1. The highest BCUT2D eigenvalue weighted by molar-refractivity contribution is 9.10. The van der Waals surface area contributed by atoms with Crippen LogP contribution in [0.3, 0.4) is 0 Å². The molecule has 1 fully saturated rings. The Morgan fingerprint density at radius 1 is 1.50 bits per heavy atom. The average molecular weight is 439 g/mol. The summed E-state index contributed by atoms with van der Waals surface area (Å²) in [5.74, 6) is 0.584. The lowest BCUT2D eigenvalue weighted by atomic mass is 9.74. The molecule has 3 rings (SSSR count). The number of carbonyl (C=O) groups is 1. The Morgan fingerprint density at radius 2 is 2.25 bits per heavy atom. The third kappa shape index (κ3) is 4.59. The number of nitrogens with one attached hydrogen (secondary N) is 2. The van der Waals surface area contributed by atoms with Crippen LogP contribution in [0.5, 0.6) is 0 Å². The highest BCUT2D eigenvalue weighted by atomic mass is 79.9. The van der Waals surface area contributed by atoms with Gasteiger partial charge >= 0.3 is 0 Å². The number of aromatic nitrogens is 3. The van der Waals surface area contributed by atoms with Gasteiger partial charge in [-0.2, -0.15) is 0 Å². The van der Waals surface area contributed by atoms with Crippen LogP contribution >= 0.6 is 40.7 Å². The predicted octanol–water partition coefficient (Wildman–Crippen LogP) is 3.09. The molecule has 2 atom stereocenters. The minimum Gasteiger partial charge on any atom is -0.349 e. The molecule has 2 aromatic rings. The molecular formula is C15H22BrCl2N5O. The zero-order valence-electron chi connectivity index (χ0n) is 13.3. The van der Waals surface area contributed by atoms with Gasteiger partial charge in [0.1, 0.15) is 5.82 Å². The molecule has 0 aliphatic heterocycles. The first kappa shape index (κ1) is 21.2. The highest BCUT2D eigenvalue weighted by Crippen LogP contribution is 2.31. The Kier molecular flexibility index (Phi) is 7.46. The summed E-state index contributed by atoms with van der Waals surface area (Å²) >= 11 is 3.37. The van der Waals surface area contributed by atoms with E-state index in [2.05, 4.69) is 36.2 Å². The van der Waals surface area contributed by atoms with Gasteiger partial charge in [-0.25, -0.2) is 9.97 Å². The van der Waals surface area contributed by atoms with Gasteiger partial charge in [-0.05, 0) is 41.8 Å². The van der Waals surface area contributed by atoms with Crippen molar-refractivity contribution in [1.82, 2.24) is 20.3 Å². The highest BCUT2D eigenvalue weighted by Gasteiger charge is 2.37. The summed E-state index contributed by atoms with van der Waals surface area (Å²) in [4.78, 5) is 24.2. The van der Waals surface area contributed by atoms with Crippen molar-refractivity contribution in [2.75, 3.05) is 0 Å². The van der Waals surface area contributed by atoms with Crippen molar-refractivity contribution in [3.8, 4) is 0 Å². The van der Waals surface area contributed by atoms with E-state index in [4.69, 9.17) is 5.73 Å². The van der Waals surface area contributed by atoms with E-state index >= 15 is 0 Å². The zero-order valence-corrected chi connectivity index (χ0v) is 16.6. The molecule has 6 nitrogen and oxygen atoms in total. The summed E-state index contributed by atoms with van der Waals surface area (Å²) in [6.07, 6.45) is 5.61. The maximum Gasteiger partial charge on any atom is 0.225 e. The lowest BCUT2D eigenvalue weighted by molar-refractivity contribution is -0.128. The van der Waals surface area contributed by atoms with Crippen LogP contribution in [0, 0.1) is 5.92 Å². The van der Waals surface area contributed by atoms with Gasteiger partial charge < -0.3 is 16.0 Å². The van der Waals surface area contributed by atoms with E-state index in [-0.39, 0.29) is 36.6 Å². The second kappa shape index (κ2) is 8.47. The minimum atomic E-state index is -0.414. The van der Waals surface area contributed by atoms with E-state index in [1.807, 2.05) is 13.0 Å². The van der Waals surface area contributed by atoms with Crippen LogP contribution in [0.4, 0.5) is 0 Å². The number of pyridine rings is 1. The SMILES string of the molecule is CC1(N)CCCCC1C(=O)NCc1nc2ncc(Br)cc2[nH]1.Cl.Cl. The van der Waals surface area contributed by atoms with Gasteiger partial charge in [0.05, 0.1) is 18.0 Å². The topological polar surface area (TPSA) is 96.7 Å². The van der Waals surface area contributed by atoms with Gasteiger partial charge in [0, 0.05) is 16.2 Å². The molecule has 134 valence electrons. The van der Waals surface area contributed by atoms with Gasteiger partial charge in [-0.15, -0.1) is 24.8 Å². The Hall–Kier alpha value is -0.890. The molecule has 1 amide bonds. The number of hydrogen-bond donors (Lipinski definition) is 3. The standard InChI is InChI=1S/C15H20BrN5O.2ClH/c1-15(17)5-3-2-4-10(15)14(22)19-8-12-20-11-6-9(16)7-18-13(11)21-12;;/h6-7,10H,2-5,8,17H2,1H3,(H,19,22)(H,18,20,21);2*1H. The van der Waals surface area contributed by atoms with Crippen molar-refractivity contribution in [1.29, 1.82) is 0 Å². The van der Waals surface area contributed by atoms with E-state index in [0.29, 0.717) is 18.0 Å². The predicted molar refractivity (Wildman–Crippen MR) is 102 cm³/mol. The molecule has 0 radical (unpaired) electrons. The summed E-state index contributed by atoms with van der Waals surface area (Å²) in [6, 6.07) is 1.92. The number of halogens is 3. The number of rotatable bonds is 3. The maximum absolute atomic E-state index is 12.4. The van der Waals surface area contributed by atoms with Gasteiger partial charge in [0.15, 0.2) is 5.65 Å². The number of hydrogen-bond acceptors (Lipinski definition) is 4. The molecule has 0 saturated heterocycles. The summed E-state index contributed by atoms with van der Waals surface area (Å²) in [6.45, 7) is 2.33. The number of H-pyrrole nitrogens is 1. The molecule has 4 N–H and O–H groups in total. The number of aromatic amines is 1. The van der Waals surface area contributed by atoms with Crippen LogP contribution < -0.4 is 11.1 Å². The molecule has 0 spiro atoms. The molecule has 2 unspecified atom stereocenters. The summed E-state index contributed by atoms with van der Waals surface area (Å²) in [5, 5.41) is 2.95. The number of carbonyl (C=O) groups excluding carboxylic acids is 1. The fourth-order valence-electron chi connectivity index (χ4n) is 3.09. The number of amides is 1. The Morgan fingerprint density at radius 3 is 2.96 bits per heavy atom. The van der Waals surface area contributed by atoms with E-state index in [9.17, 15) is 4.79 Å². The first-order valence-electron chi connectivity index (χ1n) is 7.52. The molecule has 2 heterocycles. The van der Waals surface area contributed by atoms with Crippen LogP contribution in [-0.2, 0) is 11.3 Å². The molecule has 0 bridgehead atoms. The van der Waals surface area contributed by atoms with Crippen molar-refractivity contribution in [3.05, 3.63) is 22.6 Å². The molecule has 2 aromatic heterocycles. The van der Waals surface area contributed by atoms with Crippen LogP contribution in [-0.4, -0.2) is 26.4 Å². The smallest absolute Gasteiger partial charge is 0.225 e. The van der Waals surface area contributed by atoms with Crippen LogP contribution in [0.2, 0.25) is 0 Å². The van der Waals surface area contributed by atoms with Crippen LogP contribution in [0.15, 0.2) is 16.7 Å². The summed E-state index contributed by atoms with van der Waals surface area (Å²) in [5.41, 5.74) is 7.35. The molecule has 1 aliphatic carbocycles. The molecule has 24 heavy (non-hydrogen) atoms. The van der Waals surface area contributed by atoms with E-state index in [1.54, 1.807) is 6.20 Å². The fraction of sp³-hybridized carbons (Fsp3) is 0.533. The van der Waals surface area contributed by atoms with Gasteiger partial charge in [-0.3, -0.25) is 4.79 Å². The first-order chi connectivity index (χ1) is 10.5. The number of nitrogens with two attached hydrogens (primary N) is 1. The molecule has 1 saturated carbocycles. The fourth-order valence-corrected chi connectivity index (χ4v) is 3.42. The summed E-state index contributed by atoms with van der Waals surface area (Å²) < 4.78 is 0.889. The Balaban J connectivity index is 0.00000144. The molecule has 1 aliphatic rings. The monoisotopic (exact) mass is 437 g/mol. The maximum atomic E-state index is 12.4. The molecular weight excluding hydrogens is 417 g/mol. The van der Waals surface area contributed by atoms with Gasteiger partial charge in [0.2, 0.25) is 5.91 Å². The first-order valence-corrected chi connectivity index (χ1v) is 8.32. The largest absolute Gasteiger partial charge is 0.349 e. The summed E-state index contributed by atoms with van der Waals surface area (Å²) in [7, 11) is 0. The quantitative estimate of drug-likeness (QED) is 0.685. The van der Waals surface area contributed by atoms with Gasteiger partial charge in [0.25, 0.3) is 0 Å². The van der Waals surface area contributed by atoms with Crippen LogP contribution in [0.25, 0.3) is 11.2 Å². The second-order valence-corrected chi connectivity index (χ2v) is 7.15. The molecule has 9 heteroatoms. The van der Waals surface area contributed by atoms with E-state index in [0.717, 1.165) is 35.7 Å². The minimum absolute atomic E-state index is 0.